The lowest BCUT2D eigenvalue weighted by Gasteiger charge is -2.19. The van der Waals surface area contributed by atoms with Crippen molar-refractivity contribution in [3.8, 4) is 0 Å². The maximum absolute atomic E-state index is 13.7. The molecule has 1 nitrogen and oxygen atoms in total. The number of alkyl halides is 3. The summed E-state index contributed by atoms with van der Waals surface area (Å²) >= 11 is 0. The molecule has 0 aromatic heterocycles. The predicted octanol–water partition coefficient (Wildman–Crippen LogP) is 5.92. The van der Waals surface area contributed by atoms with E-state index in [1.165, 1.54) is 6.08 Å². The number of nitrogens with two attached hydrogens (primary N) is 1. The average Bonchev–Trinajstić information content (AvgIpc) is 2.92. The first-order chi connectivity index (χ1) is 12.2. The van der Waals surface area contributed by atoms with Crippen LogP contribution in [0.2, 0.25) is 0 Å². The highest BCUT2D eigenvalue weighted by Crippen LogP contribution is 2.38. The van der Waals surface area contributed by atoms with Gasteiger partial charge in [-0.05, 0) is 72.6 Å². The molecular formula is C22H24F3N. The van der Waals surface area contributed by atoms with E-state index >= 15 is 0 Å². The first kappa shape index (κ1) is 18.7. The normalized spacial score (nSPS) is 18.3. The zero-order valence-electron chi connectivity index (χ0n) is 15.3. The van der Waals surface area contributed by atoms with Gasteiger partial charge in [0.05, 0.1) is 5.92 Å². The van der Waals surface area contributed by atoms with Crippen LogP contribution in [0.15, 0.2) is 36.4 Å². The quantitative estimate of drug-likeness (QED) is 0.723. The largest absolute Gasteiger partial charge is 0.399 e. The van der Waals surface area contributed by atoms with E-state index in [0.29, 0.717) is 0 Å². The van der Waals surface area contributed by atoms with Crippen LogP contribution in [0.3, 0.4) is 0 Å². The van der Waals surface area contributed by atoms with Crippen molar-refractivity contribution >= 4 is 6.08 Å². The summed E-state index contributed by atoms with van der Waals surface area (Å²) in [5.74, 6) is -1.61. The van der Waals surface area contributed by atoms with E-state index in [0.717, 1.165) is 46.2 Å². The molecule has 0 spiro atoms. The second-order valence-electron chi connectivity index (χ2n) is 7.26. The summed E-state index contributed by atoms with van der Waals surface area (Å²) in [5, 5.41) is 0. The van der Waals surface area contributed by atoms with Crippen LogP contribution >= 0.6 is 0 Å². The molecule has 0 bridgehead atoms. The molecule has 2 N–H and O–H groups in total. The van der Waals surface area contributed by atoms with Crippen molar-refractivity contribution in [2.75, 3.05) is 0 Å². The Kier molecular flexibility index (Phi) is 4.98. The van der Waals surface area contributed by atoms with Crippen LogP contribution in [0.4, 0.5) is 13.2 Å². The van der Waals surface area contributed by atoms with Gasteiger partial charge < -0.3 is 5.73 Å². The number of aryl methyl sites for hydroxylation is 3. The summed E-state index contributed by atoms with van der Waals surface area (Å²) in [6.45, 7) is 5.64. The van der Waals surface area contributed by atoms with E-state index in [-0.39, 0.29) is 11.6 Å². The van der Waals surface area contributed by atoms with Gasteiger partial charge in [0.15, 0.2) is 0 Å². The Hall–Kier alpha value is -2.07. The molecule has 1 aliphatic rings. The molecule has 0 saturated carbocycles. The molecule has 0 radical (unpaired) electrons. The molecule has 26 heavy (non-hydrogen) atoms. The maximum atomic E-state index is 13.7. The second-order valence-corrected chi connectivity index (χ2v) is 7.26. The van der Waals surface area contributed by atoms with Crippen molar-refractivity contribution in [3.63, 3.8) is 0 Å². The first-order valence-corrected chi connectivity index (χ1v) is 8.88. The zero-order chi connectivity index (χ0) is 19.1. The third kappa shape index (κ3) is 3.70. The highest BCUT2D eigenvalue weighted by molar-refractivity contribution is 5.55. The van der Waals surface area contributed by atoms with E-state index in [1.807, 2.05) is 39.0 Å². The second kappa shape index (κ2) is 6.92. The lowest BCUT2D eigenvalue weighted by atomic mass is 9.91. The van der Waals surface area contributed by atoms with Gasteiger partial charge in [-0.1, -0.05) is 42.5 Å². The summed E-state index contributed by atoms with van der Waals surface area (Å²) in [6, 6.07) is 9.08. The summed E-state index contributed by atoms with van der Waals surface area (Å²) in [4.78, 5) is 0. The topological polar surface area (TPSA) is 26.0 Å². The summed E-state index contributed by atoms with van der Waals surface area (Å²) < 4.78 is 41.0. The maximum Gasteiger partial charge on any atom is 0.399 e. The average molecular weight is 359 g/mol. The number of fused-ring (bicyclic) bond motifs is 1. The number of hydrogen-bond donors (Lipinski definition) is 1. The van der Waals surface area contributed by atoms with Crippen LogP contribution in [0.1, 0.15) is 57.3 Å². The zero-order valence-corrected chi connectivity index (χ0v) is 15.3. The molecular weight excluding hydrogens is 335 g/mol. The van der Waals surface area contributed by atoms with Gasteiger partial charge in [-0.15, -0.1) is 0 Å². The minimum atomic E-state index is -4.33. The van der Waals surface area contributed by atoms with Gasteiger partial charge in [-0.3, -0.25) is 0 Å². The molecule has 1 aliphatic carbocycles. The number of benzene rings is 2. The fourth-order valence-corrected chi connectivity index (χ4v) is 3.64. The van der Waals surface area contributed by atoms with Gasteiger partial charge in [0.25, 0.3) is 0 Å². The summed E-state index contributed by atoms with van der Waals surface area (Å²) in [6.07, 6.45) is 0.295. The smallest absolute Gasteiger partial charge is 0.324 e. The van der Waals surface area contributed by atoms with E-state index in [4.69, 9.17) is 5.73 Å². The van der Waals surface area contributed by atoms with Gasteiger partial charge >= 0.3 is 6.18 Å². The van der Waals surface area contributed by atoms with Crippen LogP contribution < -0.4 is 5.73 Å². The molecule has 4 heteroatoms. The molecule has 3 rings (SSSR count). The van der Waals surface area contributed by atoms with Gasteiger partial charge in [0.1, 0.15) is 0 Å². The van der Waals surface area contributed by atoms with Crippen LogP contribution in [0, 0.1) is 20.8 Å². The number of hydrogen-bond acceptors (Lipinski definition) is 1. The van der Waals surface area contributed by atoms with Crippen molar-refractivity contribution in [2.45, 2.75) is 51.7 Å². The molecule has 0 aliphatic heterocycles. The fraction of sp³-hybridized carbons (Fsp3) is 0.364. The van der Waals surface area contributed by atoms with Crippen LogP contribution in [0.5, 0.6) is 0 Å². The Balaban J connectivity index is 1.94. The van der Waals surface area contributed by atoms with Gasteiger partial charge in [0, 0.05) is 6.04 Å². The number of halogens is 3. The Labute approximate surface area is 152 Å². The lowest BCUT2D eigenvalue weighted by Crippen LogP contribution is -2.19. The van der Waals surface area contributed by atoms with Crippen LogP contribution in [0.25, 0.3) is 6.08 Å². The third-order valence-electron chi connectivity index (χ3n) is 5.43. The third-order valence-corrected chi connectivity index (χ3v) is 5.43. The molecule has 0 heterocycles. The number of allylic oxidation sites excluding steroid dienone is 1. The molecule has 2 atom stereocenters. The van der Waals surface area contributed by atoms with E-state index in [9.17, 15) is 13.2 Å². The van der Waals surface area contributed by atoms with Crippen molar-refractivity contribution in [2.24, 2.45) is 5.73 Å². The lowest BCUT2D eigenvalue weighted by molar-refractivity contribution is -0.139. The molecule has 2 unspecified atom stereocenters. The molecule has 138 valence electrons. The Morgan fingerprint density at radius 3 is 2.35 bits per heavy atom. The van der Waals surface area contributed by atoms with Gasteiger partial charge in [-0.25, -0.2) is 0 Å². The standard InChI is InChI=1S/C22H24F3N/c1-13-10-18(11-14(2)15(13)3)20(22(23,24)25)8-5-16-4-7-19-17(12-16)6-9-21(19)26/h4-5,7-8,10-12,20-21H,6,9,26H2,1-3H3/b8-5+. The molecule has 0 fully saturated rings. The Bertz CT molecular complexity index is 826. The van der Waals surface area contributed by atoms with E-state index < -0.39 is 12.1 Å². The van der Waals surface area contributed by atoms with Gasteiger partial charge in [0.2, 0.25) is 0 Å². The minimum Gasteiger partial charge on any atom is -0.324 e. The fourth-order valence-electron chi connectivity index (χ4n) is 3.64. The molecule has 0 saturated heterocycles. The highest BCUT2D eigenvalue weighted by Gasteiger charge is 2.39. The van der Waals surface area contributed by atoms with E-state index in [2.05, 4.69) is 0 Å². The van der Waals surface area contributed by atoms with Crippen molar-refractivity contribution < 1.29 is 13.2 Å². The monoisotopic (exact) mass is 359 g/mol. The molecule has 2 aromatic carbocycles. The van der Waals surface area contributed by atoms with Gasteiger partial charge in [-0.2, -0.15) is 13.2 Å². The van der Waals surface area contributed by atoms with Crippen LogP contribution in [-0.4, -0.2) is 6.18 Å². The molecule has 0 amide bonds. The van der Waals surface area contributed by atoms with Crippen molar-refractivity contribution in [3.05, 3.63) is 75.4 Å². The Morgan fingerprint density at radius 1 is 1.08 bits per heavy atom. The SMILES string of the molecule is Cc1cc(C(/C=C/c2ccc3c(c2)CCC3N)C(F)(F)F)cc(C)c1C. The van der Waals surface area contributed by atoms with Crippen molar-refractivity contribution in [1.82, 2.24) is 0 Å². The summed E-state index contributed by atoms with van der Waals surface area (Å²) in [5.41, 5.74) is 12.2. The van der Waals surface area contributed by atoms with Crippen molar-refractivity contribution in [1.29, 1.82) is 0 Å². The Morgan fingerprint density at radius 2 is 1.73 bits per heavy atom. The minimum absolute atomic E-state index is 0.0458. The summed E-state index contributed by atoms with van der Waals surface area (Å²) in [7, 11) is 0. The predicted molar refractivity (Wildman–Crippen MR) is 100 cm³/mol. The van der Waals surface area contributed by atoms with E-state index in [1.54, 1.807) is 18.2 Å². The van der Waals surface area contributed by atoms with Crippen LogP contribution in [-0.2, 0) is 6.42 Å². The first-order valence-electron chi connectivity index (χ1n) is 8.88. The number of rotatable bonds is 3. The highest BCUT2D eigenvalue weighted by atomic mass is 19.4. The molecule has 2 aromatic rings.